The summed E-state index contributed by atoms with van der Waals surface area (Å²) in [6.45, 7) is 3.99. The highest BCUT2D eigenvalue weighted by Crippen LogP contribution is 2.27. The summed E-state index contributed by atoms with van der Waals surface area (Å²) >= 11 is 0. The fourth-order valence-electron chi connectivity index (χ4n) is 2.94. The minimum atomic E-state index is 0.230. The highest BCUT2D eigenvalue weighted by molar-refractivity contribution is 5.28. The molecule has 0 spiro atoms. The van der Waals surface area contributed by atoms with E-state index in [1.165, 1.54) is 30.4 Å². The molecule has 0 radical (unpaired) electrons. The standard InChI is InChI=1S/C15H22N4/c1-12-17-6-7-19(12)9-8-18-10-13-4-2-3-5-15(16)14(13)11-18/h6-7,10-11,15H,2-5,8-9,16H2,1H3. The van der Waals surface area contributed by atoms with Gasteiger partial charge in [-0.15, -0.1) is 0 Å². The Morgan fingerprint density at radius 2 is 2.21 bits per heavy atom. The van der Waals surface area contributed by atoms with Crippen LogP contribution in [-0.4, -0.2) is 14.1 Å². The van der Waals surface area contributed by atoms with Gasteiger partial charge in [-0.05, 0) is 37.3 Å². The van der Waals surface area contributed by atoms with Crippen molar-refractivity contribution in [3.8, 4) is 0 Å². The van der Waals surface area contributed by atoms with Gasteiger partial charge in [0.2, 0.25) is 0 Å². The largest absolute Gasteiger partial charge is 0.352 e. The van der Waals surface area contributed by atoms with Gasteiger partial charge in [0.05, 0.1) is 0 Å². The van der Waals surface area contributed by atoms with Gasteiger partial charge in [0.15, 0.2) is 0 Å². The number of aromatic nitrogens is 3. The Labute approximate surface area is 114 Å². The van der Waals surface area contributed by atoms with Gasteiger partial charge >= 0.3 is 0 Å². The minimum absolute atomic E-state index is 0.230. The van der Waals surface area contributed by atoms with Crippen molar-refractivity contribution in [2.75, 3.05) is 0 Å². The van der Waals surface area contributed by atoms with Crippen molar-refractivity contribution >= 4 is 0 Å². The SMILES string of the molecule is Cc1nccn1CCn1cc2c(c1)C(N)CCCC2. The number of fused-ring (bicyclic) bond motifs is 1. The smallest absolute Gasteiger partial charge is 0.105 e. The quantitative estimate of drug-likeness (QED) is 0.860. The summed E-state index contributed by atoms with van der Waals surface area (Å²) < 4.78 is 4.47. The highest BCUT2D eigenvalue weighted by Gasteiger charge is 2.17. The fourth-order valence-corrected chi connectivity index (χ4v) is 2.94. The molecule has 2 heterocycles. The summed E-state index contributed by atoms with van der Waals surface area (Å²) in [5.74, 6) is 1.07. The summed E-state index contributed by atoms with van der Waals surface area (Å²) in [6, 6.07) is 0.230. The molecule has 2 aromatic rings. The average Bonchev–Trinajstić information content (AvgIpc) is 2.95. The van der Waals surface area contributed by atoms with Crippen molar-refractivity contribution in [2.24, 2.45) is 5.73 Å². The molecule has 1 atom stereocenters. The van der Waals surface area contributed by atoms with Crippen LogP contribution in [-0.2, 0) is 19.5 Å². The molecule has 1 aliphatic rings. The molecule has 0 aromatic carbocycles. The zero-order chi connectivity index (χ0) is 13.2. The van der Waals surface area contributed by atoms with E-state index in [9.17, 15) is 0 Å². The van der Waals surface area contributed by atoms with Gasteiger partial charge in [0.25, 0.3) is 0 Å². The number of aryl methyl sites for hydroxylation is 4. The lowest BCUT2D eigenvalue weighted by Gasteiger charge is -2.08. The first-order valence-corrected chi connectivity index (χ1v) is 7.16. The van der Waals surface area contributed by atoms with Crippen molar-refractivity contribution in [1.29, 1.82) is 0 Å². The second kappa shape index (κ2) is 5.21. The molecule has 0 saturated heterocycles. The van der Waals surface area contributed by atoms with E-state index in [2.05, 4.69) is 26.5 Å². The molecule has 0 fully saturated rings. The molecule has 0 saturated carbocycles. The van der Waals surface area contributed by atoms with Gasteiger partial charge in [-0.3, -0.25) is 0 Å². The maximum Gasteiger partial charge on any atom is 0.105 e. The third kappa shape index (κ3) is 2.59. The molecule has 19 heavy (non-hydrogen) atoms. The Kier molecular flexibility index (Phi) is 3.42. The molecule has 0 aliphatic heterocycles. The van der Waals surface area contributed by atoms with E-state index in [1.807, 2.05) is 19.3 Å². The lowest BCUT2D eigenvalue weighted by Crippen LogP contribution is -2.09. The second-order valence-electron chi connectivity index (χ2n) is 5.50. The van der Waals surface area contributed by atoms with Crippen LogP contribution in [0.15, 0.2) is 24.8 Å². The molecule has 4 heteroatoms. The maximum absolute atomic E-state index is 6.25. The topological polar surface area (TPSA) is 48.8 Å². The third-order valence-electron chi connectivity index (χ3n) is 4.13. The first-order valence-electron chi connectivity index (χ1n) is 7.16. The van der Waals surface area contributed by atoms with Gasteiger partial charge in [0, 0.05) is 43.9 Å². The first kappa shape index (κ1) is 12.5. The Morgan fingerprint density at radius 1 is 1.32 bits per heavy atom. The molecule has 2 N–H and O–H groups in total. The number of hydrogen-bond acceptors (Lipinski definition) is 2. The zero-order valence-electron chi connectivity index (χ0n) is 11.5. The third-order valence-corrected chi connectivity index (χ3v) is 4.13. The van der Waals surface area contributed by atoms with Crippen LogP contribution in [0.4, 0.5) is 0 Å². The van der Waals surface area contributed by atoms with Gasteiger partial charge in [-0.25, -0.2) is 4.98 Å². The van der Waals surface area contributed by atoms with E-state index in [4.69, 9.17) is 5.73 Å². The Morgan fingerprint density at radius 3 is 3.00 bits per heavy atom. The van der Waals surface area contributed by atoms with Crippen LogP contribution in [0.2, 0.25) is 0 Å². The summed E-state index contributed by atoms with van der Waals surface area (Å²) in [6.07, 6.45) is 13.3. The molecule has 2 aromatic heterocycles. The second-order valence-corrected chi connectivity index (χ2v) is 5.50. The van der Waals surface area contributed by atoms with Crippen LogP contribution in [0.5, 0.6) is 0 Å². The lowest BCUT2D eigenvalue weighted by atomic mass is 10.1. The van der Waals surface area contributed by atoms with E-state index >= 15 is 0 Å². The fraction of sp³-hybridized carbons (Fsp3) is 0.533. The van der Waals surface area contributed by atoms with Crippen molar-refractivity contribution in [3.63, 3.8) is 0 Å². The molecule has 102 valence electrons. The summed E-state index contributed by atoms with van der Waals surface area (Å²) in [5, 5.41) is 0. The van der Waals surface area contributed by atoms with Crippen LogP contribution in [0.25, 0.3) is 0 Å². The van der Waals surface area contributed by atoms with Crippen molar-refractivity contribution in [3.05, 3.63) is 41.7 Å². The predicted molar refractivity (Wildman–Crippen MR) is 75.9 cm³/mol. The molecule has 1 aliphatic carbocycles. The van der Waals surface area contributed by atoms with Crippen LogP contribution in [0.3, 0.4) is 0 Å². The molecule has 1 unspecified atom stereocenters. The zero-order valence-corrected chi connectivity index (χ0v) is 11.5. The van der Waals surface area contributed by atoms with Crippen LogP contribution >= 0.6 is 0 Å². The first-order chi connectivity index (χ1) is 9.24. The number of imidazole rings is 1. The summed E-state index contributed by atoms with van der Waals surface area (Å²) in [5.41, 5.74) is 9.06. The molecular weight excluding hydrogens is 236 g/mol. The minimum Gasteiger partial charge on any atom is -0.352 e. The van der Waals surface area contributed by atoms with Crippen molar-refractivity contribution in [1.82, 2.24) is 14.1 Å². The summed E-state index contributed by atoms with van der Waals surface area (Å²) in [7, 11) is 0. The average molecular weight is 258 g/mol. The Bertz CT molecular complexity index is 552. The van der Waals surface area contributed by atoms with Gasteiger partial charge in [-0.1, -0.05) is 6.42 Å². The molecule has 3 rings (SSSR count). The molecular formula is C15H22N4. The van der Waals surface area contributed by atoms with E-state index in [0.29, 0.717) is 0 Å². The van der Waals surface area contributed by atoms with E-state index in [0.717, 1.165) is 25.3 Å². The van der Waals surface area contributed by atoms with Crippen LogP contribution in [0.1, 0.15) is 42.3 Å². The van der Waals surface area contributed by atoms with Crippen molar-refractivity contribution < 1.29 is 0 Å². The number of rotatable bonds is 3. The molecule has 0 bridgehead atoms. The Hall–Kier alpha value is -1.55. The van der Waals surface area contributed by atoms with Gasteiger partial charge < -0.3 is 14.9 Å². The maximum atomic E-state index is 6.25. The van der Waals surface area contributed by atoms with Crippen molar-refractivity contribution in [2.45, 2.75) is 51.7 Å². The number of nitrogens with two attached hydrogens (primary N) is 1. The Balaban J connectivity index is 1.72. The summed E-state index contributed by atoms with van der Waals surface area (Å²) in [4.78, 5) is 4.25. The number of hydrogen-bond donors (Lipinski definition) is 1. The monoisotopic (exact) mass is 258 g/mol. The lowest BCUT2D eigenvalue weighted by molar-refractivity contribution is 0.561. The van der Waals surface area contributed by atoms with Gasteiger partial charge in [-0.2, -0.15) is 0 Å². The molecule has 4 nitrogen and oxygen atoms in total. The van der Waals surface area contributed by atoms with E-state index < -0.39 is 0 Å². The van der Waals surface area contributed by atoms with Crippen LogP contribution in [0, 0.1) is 6.92 Å². The van der Waals surface area contributed by atoms with E-state index in [1.54, 1.807) is 0 Å². The van der Waals surface area contributed by atoms with Gasteiger partial charge in [0.1, 0.15) is 5.82 Å². The van der Waals surface area contributed by atoms with E-state index in [-0.39, 0.29) is 6.04 Å². The molecule has 0 amide bonds. The van der Waals surface area contributed by atoms with Crippen LogP contribution < -0.4 is 5.73 Å². The normalized spacial score (nSPS) is 19.2. The number of nitrogens with zero attached hydrogens (tertiary/aromatic N) is 3. The highest BCUT2D eigenvalue weighted by atomic mass is 15.1. The predicted octanol–water partition coefficient (Wildman–Crippen LogP) is 2.42.